The van der Waals surface area contributed by atoms with Crippen LogP contribution in [0.4, 0.5) is 10.5 Å². The van der Waals surface area contributed by atoms with Gasteiger partial charge >= 0.3 is 6.03 Å². The number of anilines is 1. The fourth-order valence-electron chi connectivity index (χ4n) is 2.31. The molecule has 0 atom stereocenters. The van der Waals surface area contributed by atoms with Gasteiger partial charge in [-0.25, -0.2) is 4.79 Å². The molecule has 2 N–H and O–H groups in total. The summed E-state index contributed by atoms with van der Waals surface area (Å²) in [5, 5.41) is 6.81. The molecule has 1 saturated heterocycles. The van der Waals surface area contributed by atoms with Gasteiger partial charge in [0.25, 0.3) is 0 Å². The SMILES string of the molecule is O=C1CN(C(=O)Nc2cccc3ccccc23)CC(=O)N1. The Hall–Kier alpha value is -2.89. The lowest BCUT2D eigenvalue weighted by Crippen LogP contribution is -2.54. The van der Waals surface area contributed by atoms with E-state index < -0.39 is 17.8 Å². The van der Waals surface area contributed by atoms with Crippen LogP contribution in [0, 0.1) is 0 Å². The van der Waals surface area contributed by atoms with Gasteiger partial charge in [-0.2, -0.15) is 0 Å². The molecule has 3 rings (SSSR count). The van der Waals surface area contributed by atoms with E-state index in [1.165, 1.54) is 4.90 Å². The van der Waals surface area contributed by atoms with Gasteiger partial charge in [0, 0.05) is 5.39 Å². The Kier molecular flexibility index (Phi) is 3.27. The number of urea groups is 1. The zero-order chi connectivity index (χ0) is 14.8. The molecule has 1 fully saturated rings. The summed E-state index contributed by atoms with van der Waals surface area (Å²) in [6, 6.07) is 12.8. The van der Waals surface area contributed by atoms with Gasteiger partial charge in [0.1, 0.15) is 13.1 Å². The van der Waals surface area contributed by atoms with Crippen LogP contribution in [0.25, 0.3) is 10.8 Å². The first-order valence-corrected chi connectivity index (χ1v) is 6.50. The molecule has 2 aromatic rings. The van der Waals surface area contributed by atoms with Gasteiger partial charge in [0.15, 0.2) is 0 Å². The molecule has 4 amide bonds. The van der Waals surface area contributed by atoms with Crippen LogP contribution in [-0.4, -0.2) is 35.8 Å². The molecule has 0 bridgehead atoms. The van der Waals surface area contributed by atoms with E-state index in [1.807, 2.05) is 36.4 Å². The molecule has 106 valence electrons. The number of piperazine rings is 1. The molecule has 0 aromatic heterocycles. The van der Waals surface area contributed by atoms with E-state index in [9.17, 15) is 14.4 Å². The minimum absolute atomic E-state index is 0.123. The highest BCUT2D eigenvalue weighted by Crippen LogP contribution is 2.23. The number of nitrogens with zero attached hydrogens (tertiary/aromatic N) is 1. The zero-order valence-electron chi connectivity index (χ0n) is 11.1. The van der Waals surface area contributed by atoms with Gasteiger partial charge in [-0.3, -0.25) is 14.9 Å². The lowest BCUT2D eigenvalue weighted by Gasteiger charge is -2.25. The van der Waals surface area contributed by atoms with Gasteiger partial charge in [-0.1, -0.05) is 36.4 Å². The molecular formula is C15H13N3O3. The maximum Gasteiger partial charge on any atom is 0.322 e. The Balaban J connectivity index is 1.83. The number of fused-ring (bicyclic) bond motifs is 1. The second kappa shape index (κ2) is 5.24. The topological polar surface area (TPSA) is 78.5 Å². The first-order valence-electron chi connectivity index (χ1n) is 6.50. The summed E-state index contributed by atoms with van der Waals surface area (Å²) in [5.74, 6) is -0.946. The molecule has 0 unspecified atom stereocenters. The molecule has 1 aliphatic rings. The number of benzene rings is 2. The molecule has 6 nitrogen and oxygen atoms in total. The summed E-state index contributed by atoms with van der Waals surface area (Å²) >= 11 is 0. The summed E-state index contributed by atoms with van der Waals surface area (Å²) in [7, 11) is 0. The molecule has 1 aliphatic heterocycles. The summed E-state index contributed by atoms with van der Waals surface area (Å²) in [6.07, 6.45) is 0. The predicted molar refractivity (Wildman–Crippen MR) is 77.7 cm³/mol. The maximum absolute atomic E-state index is 12.2. The Bertz CT molecular complexity index is 721. The lowest BCUT2D eigenvalue weighted by molar-refractivity contribution is -0.134. The molecule has 1 heterocycles. The standard InChI is InChI=1S/C15H13N3O3/c19-13-8-18(9-14(20)17-13)15(21)16-12-7-3-5-10-4-1-2-6-11(10)12/h1-7H,8-9H2,(H,16,21)(H,17,19,20). The number of hydrogen-bond donors (Lipinski definition) is 2. The van der Waals surface area contributed by atoms with Crippen LogP contribution in [0.5, 0.6) is 0 Å². The molecule has 0 saturated carbocycles. The smallest absolute Gasteiger partial charge is 0.307 e. The quantitative estimate of drug-likeness (QED) is 0.775. The van der Waals surface area contributed by atoms with Crippen molar-refractivity contribution >= 4 is 34.3 Å². The first-order chi connectivity index (χ1) is 10.1. The monoisotopic (exact) mass is 283 g/mol. The highest BCUT2D eigenvalue weighted by Gasteiger charge is 2.26. The van der Waals surface area contributed by atoms with Crippen molar-refractivity contribution in [1.82, 2.24) is 10.2 Å². The zero-order valence-corrected chi connectivity index (χ0v) is 11.1. The van der Waals surface area contributed by atoms with Crippen LogP contribution >= 0.6 is 0 Å². The van der Waals surface area contributed by atoms with Crippen molar-refractivity contribution in [2.24, 2.45) is 0 Å². The fourth-order valence-corrected chi connectivity index (χ4v) is 2.31. The van der Waals surface area contributed by atoms with Crippen LogP contribution in [-0.2, 0) is 9.59 Å². The molecule has 0 radical (unpaired) electrons. The summed E-state index contributed by atoms with van der Waals surface area (Å²) < 4.78 is 0. The van der Waals surface area contributed by atoms with Gasteiger partial charge in [-0.05, 0) is 11.5 Å². The van der Waals surface area contributed by atoms with E-state index >= 15 is 0 Å². The number of nitrogens with one attached hydrogen (secondary N) is 2. The molecular weight excluding hydrogens is 270 g/mol. The van der Waals surface area contributed by atoms with Gasteiger partial charge < -0.3 is 10.2 Å². The van der Waals surface area contributed by atoms with Crippen LogP contribution in [0.1, 0.15) is 0 Å². The second-order valence-electron chi connectivity index (χ2n) is 4.78. The van der Waals surface area contributed by atoms with Crippen LogP contribution in [0.15, 0.2) is 42.5 Å². The molecule has 21 heavy (non-hydrogen) atoms. The van der Waals surface area contributed by atoms with E-state index in [0.717, 1.165) is 10.8 Å². The summed E-state index contributed by atoms with van der Waals surface area (Å²) in [5.41, 5.74) is 0.650. The van der Waals surface area contributed by atoms with Crippen LogP contribution in [0.2, 0.25) is 0 Å². The first kappa shape index (κ1) is 13.1. The Labute approximate surface area is 120 Å². The molecule has 2 aromatic carbocycles. The number of hydrogen-bond acceptors (Lipinski definition) is 3. The van der Waals surface area contributed by atoms with E-state index in [-0.39, 0.29) is 13.1 Å². The Morgan fingerprint density at radius 1 is 1.00 bits per heavy atom. The maximum atomic E-state index is 12.2. The third-order valence-corrected chi connectivity index (χ3v) is 3.27. The van der Waals surface area contributed by atoms with Crippen molar-refractivity contribution < 1.29 is 14.4 Å². The number of rotatable bonds is 1. The van der Waals surface area contributed by atoms with Crippen molar-refractivity contribution in [3.05, 3.63) is 42.5 Å². The van der Waals surface area contributed by atoms with Gasteiger partial charge in [0.2, 0.25) is 11.8 Å². The van der Waals surface area contributed by atoms with Crippen molar-refractivity contribution in [3.63, 3.8) is 0 Å². The summed E-state index contributed by atoms with van der Waals surface area (Å²) in [6.45, 7) is -0.245. The third-order valence-electron chi connectivity index (χ3n) is 3.27. The summed E-state index contributed by atoms with van der Waals surface area (Å²) in [4.78, 5) is 36.0. The van der Waals surface area contributed by atoms with Crippen molar-refractivity contribution in [1.29, 1.82) is 0 Å². The normalized spacial score (nSPS) is 15.0. The van der Waals surface area contributed by atoms with Crippen LogP contribution < -0.4 is 10.6 Å². The fraction of sp³-hybridized carbons (Fsp3) is 0.133. The van der Waals surface area contributed by atoms with E-state index in [1.54, 1.807) is 6.07 Å². The highest BCUT2D eigenvalue weighted by atomic mass is 16.2. The number of carbonyl (C=O) groups excluding carboxylic acids is 3. The van der Waals surface area contributed by atoms with E-state index in [2.05, 4.69) is 10.6 Å². The van der Waals surface area contributed by atoms with E-state index in [0.29, 0.717) is 5.69 Å². The highest BCUT2D eigenvalue weighted by molar-refractivity contribution is 6.06. The Morgan fingerprint density at radius 2 is 1.67 bits per heavy atom. The molecule has 6 heteroatoms. The second-order valence-corrected chi connectivity index (χ2v) is 4.78. The largest absolute Gasteiger partial charge is 0.322 e. The van der Waals surface area contributed by atoms with E-state index in [4.69, 9.17) is 0 Å². The average Bonchev–Trinajstić information content (AvgIpc) is 2.46. The average molecular weight is 283 g/mol. The Morgan fingerprint density at radius 3 is 2.43 bits per heavy atom. The van der Waals surface area contributed by atoms with Crippen molar-refractivity contribution in [2.75, 3.05) is 18.4 Å². The third kappa shape index (κ3) is 2.69. The van der Waals surface area contributed by atoms with Crippen molar-refractivity contribution in [3.8, 4) is 0 Å². The number of imide groups is 1. The van der Waals surface area contributed by atoms with Crippen LogP contribution in [0.3, 0.4) is 0 Å². The molecule has 0 aliphatic carbocycles. The number of amides is 4. The predicted octanol–water partition coefficient (Wildman–Crippen LogP) is 1.33. The van der Waals surface area contributed by atoms with Gasteiger partial charge in [-0.15, -0.1) is 0 Å². The van der Waals surface area contributed by atoms with Crippen molar-refractivity contribution in [2.45, 2.75) is 0 Å². The lowest BCUT2D eigenvalue weighted by atomic mass is 10.1. The minimum atomic E-state index is -0.473. The number of carbonyl (C=O) groups is 3. The van der Waals surface area contributed by atoms with Gasteiger partial charge in [0.05, 0.1) is 5.69 Å². The molecule has 0 spiro atoms. The minimum Gasteiger partial charge on any atom is -0.307 e.